The molecule has 8 heteroatoms. The van der Waals surface area contributed by atoms with Gasteiger partial charge in [0.15, 0.2) is 0 Å². The van der Waals surface area contributed by atoms with E-state index in [1.54, 1.807) is 6.92 Å². The standard InChI is InChI=1S/C13H17F2N3O3/c1-7-10(8(2)18(16-7)13(14)15)5-11(19)17-4-3-9(6-17)12(20)21/h9,13H,3-6H2,1-2H3,(H,20,21). The van der Waals surface area contributed by atoms with Crippen molar-refractivity contribution < 1.29 is 23.5 Å². The predicted octanol–water partition coefficient (Wildman–Crippen LogP) is 1.37. The summed E-state index contributed by atoms with van der Waals surface area (Å²) in [6, 6.07) is 0. The highest BCUT2D eigenvalue weighted by molar-refractivity contribution is 5.81. The third kappa shape index (κ3) is 3.03. The van der Waals surface area contributed by atoms with Crippen molar-refractivity contribution in [3.63, 3.8) is 0 Å². The fraction of sp³-hybridized carbons (Fsp3) is 0.615. The Morgan fingerprint density at radius 2 is 2.10 bits per heavy atom. The summed E-state index contributed by atoms with van der Waals surface area (Å²) in [6.07, 6.45) is 0.395. The molecule has 116 valence electrons. The number of carbonyl (C=O) groups excluding carboxylic acids is 1. The van der Waals surface area contributed by atoms with Crippen LogP contribution >= 0.6 is 0 Å². The van der Waals surface area contributed by atoms with Crippen LogP contribution in [-0.2, 0) is 16.0 Å². The number of halogens is 2. The normalized spacial score (nSPS) is 18.5. The Labute approximate surface area is 120 Å². The summed E-state index contributed by atoms with van der Waals surface area (Å²) in [5, 5.41) is 12.7. The topological polar surface area (TPSA) is 75.4 Å². The molecule has 0 bridgehead atoms. The summed E-state index contributed by atoms with van der Waals surface area (Å²) >= 11 is 0. The van der Waals surface area contributed by atoms with Crippen LogP contribution < -0.4 is 0 Å². The SMILES string of the molecule is Cc1nn(C(F)F)c(C)c1CC(=O)N1CCC(C(=O)O)C1. The number of nitrogens with zero attached hydrogens (tertiary/aromatic N) is 3. The van der Waals surface area contributed by atoms with Crippen LogP contribution in [0.15, 0.2) is 0 Å². The van der Waals surface area contributed by atoms with Crippen molar-refractivity contribution in [2.75, 3.05) is 13.1 Å². The molecule has 21 heavy (non-hydrogen) atoms. The molecule has 1 aromatic heterocycles. The quantitative estimate of drug-likeness (QED) is 0.911. The minimum Gasteiger partial charge on any atom is -0.481 e. The van der Waals surface area contributed by atoms with Crippen LogP contribution in [0.4, 0.5) is 8.78 Å². The lowest BCUT2D eigenvalue weighted by Crippen LogP contribution is -2.31. The van der Waals surface area contributed by atoms with E-state index in [1.807, 2.05) is 0 Å². The van der Waals surface area contributed by atoms with Crippen LogP contribution in [-0.4, -0.2) is 44.8 Å². The van der Waals surface area contributed by atoms with Gasteiger partial charge in [-0.05, 0) is 20.3 Å². The predicted molar refractivity (Wildman–Crippen MR) is 69.0 cm³/mol. The Balaban J connectivity index is 2.09. The molecule has 1 aliphatic rings. The van der Waals surface area contributed by atoms with Crippen molar-refractivity contribution in [2.45, 2.75) is 33.2 Å². The second-order valence-electron chi connectivity index (χ2n) is 5.21. The molecule has 6 nitrogen and oxygen atoms in total. The Morgan fingerprint density at radius 3 is 2.57 bits per heavy atom. The number of amides is 1. The lowest BCUT2D eigenvalue weighted by molar-refractivity contribution is -0.141. The summed E-state index contributed by atoms with van der Waals surface area (Å²) in [5.74, 6) is -1.71. The average molecular weight is 301 g/mol. The van der Waals surface area contributed by atoms with Crippen LogP contribution in [0.2, 0.25) is 0 Å². The lowest BCUT2D eigenvalue weighted by atomic mass is 10.1. The Morgan fingerprint density at radius 1 is 1.43 bits per heavy atom. The summed E-state index contributed by atoms with van der Waals surface area (Å²) in [6.45, 7) is 0.902. The molecule has 2 heterocycles. The first-order valence-electron chi connectivity index (χ1n) is 6.64. The van der Waals surface area contributed by atoms with Crippen molar-refractivity contribution in [2.24, 2.45) is 5.92 Å². The molecule has 1 aliphatic heterocycles. The first-order valence-corrected chi connectivity index (χ1v) is 6.64. The molecular formula is C13H17F2N3O3. The molecule has 1 unspecified atom stereocenters. The molecule has 0 spiro atoms. The van der Waals surface area contributed by atoms with E-state index in [-0.39, 0.29) is 24.6 Å². The number of likely N-dealkylation sites (tertiary alicyclic amines) is 1. The van der Waals surface area contributed by atoms with Gasteiger partial charge in [-0.2, -0.15) is 13.9 Å². The molecule has 0 saturated carbocycles. The third-order valence-corrected chi connectivity index (χ3v) is 3.88. The van der Waals surface area contributed by atoms with Gasteiger partial charge in [0.2, 0.25) is 5.91 Å². The average Bonchev–Trinajstić information content (AvgIpc) is 2.99. The number of alkyl halides is 2. The van der Waals surface area contributed by atoms with Crippen LogP contribution in [0.25, 0.3) is 0 Å². The number of hydrogen-bond donors (Lipinski definition) is 1. The van der Waals surface area contributed by atoms with Gasteiger partial charge in [-0.25, -0.2) is 4.68 Å². The molecule has 1 N–H and O–H groups in total. The summed E-state index contributed by atoms with van der Waals surface area (Å²) in [5.41, 5.74) is 1.15. The van der Waals surface area contributed by atoms with Gasteiger partial charge < -0.3 is 10.0 Å². The van der Waals surface area contributed by atoms with E-state index in [4.69, 9.17) is 5.11 Å². The number of carboxylic acid groups (broad SMARTS) is 1. The van der Waals surface area contributed by atoms with Gasteiger partial charge >= 0.3 is 12.5 Å². The first kappa shape index (κ1) is 15.4. The number of aliphatic carboxylic acids is 1. The number of aryl methyl sites for hydroxylation is 1. The second kappa shape index (κ2) is 5.79. The summed E-state index contributed by atoms with van der Waals surface area (Å²) < 4.78 is 26.1. The van der Waals surface area contributed by atoms with E-state index in [2.05, 4.69) is 5.10 Å². The van der Waals surface area contributed by atoms with E-state index in [9.17, 15) is 18.4 Å². The van der Waals surface area contributed by atoms with Crippen LogP contribution in [0, 0.1) is 19.8 Å². The highest BCUT2D eigenvalue weighted by Gasteiger charge is 2.31. The minimum atomic E-state index is -2.74. The maximum atomic E-state index is 12.7. The fourth-order valence-corrected chi connectivity index (χ4v) is 2.59. The molecule has 1 saturated heterocycles. The molecular weight excluding hydrogens is 284 g/mol. The van der Waals surface area contributed by atoms with Crippen molar-refractivity contribution in [3.05, 3.63) is 17.0 Å². The van der Waals surface area contributed by atoms with Gasteiger partial charge in [-0.15, -0.1) is 0 Å². The van der Waals surface area contributed by atoms with Gasteiger partial charge in [0.25, 0.3) is 0 Å². The lowest BCUT2D eigenvalue weighted by Gasteiger charge is -2.16. The molecule has 1 atom stereocenters. The third-order valence-electron chi connectivity index (χ3n) is 3.88. The van der Waals surface area contributed by atoms with Crippen molar-refractivity contribution in [1.82, 2.24) is 14.7 Å². The van der Waals surface area contributed by atoms with Gasteiger partial charge in [0, 0.05) is 24.3 Å². The summed E-state index contributed by atoms with van der Waals surface area (Å²) in [7, 11) is 0. The monoisotopic (exact) mass is 301 g/mol. The summed E-state index contributed by atoms with van der Waals surface area (Å²) in [4.78, 5) is 24.5. The number of aromatic nitrogens is 2. The molecule has 2 rings (SSSR count). The maximum Gasteiger partial charge on any atom is 0.333 e. The van der Waals surface area contributed by atoms with Gasteiger partial charge in [-0.3, -0.25) is 9.59 Å². The molecule has 1 amide bonds. The molecule has 0 aromatic carbocycles. The van der Waals surface area contributed by atoms with Crippen LogP contribution in [0.3, 0.4) is 0 Å². The largest absolute Gasteiger partial charge is 0.481 e. The van der Waals surface area contributed by atoms with Crippen molar-refractivity contribution in [1.29, 1.82) is 0 Å². The Kier molecular flexibility index (Phi) is 4.24. The van der Waals surface area contributed by atoms with Crippen LogP contribution in [0.5, 0.6) is 0 Å². The Bertz CT molecular complexity index is 571. The van der Waals surface area contributed by atoms with E-state index < -0.39 is 18.4 Å². The van der Waals surface area contributed by atoms with Gasteiger partial charge in [0.1, 0.15) is 0 Å². The highest BCUT2D eigenvalue weighted by atomic mass is 19.3. The maximum absolute atomic E-state index is 12.7. The number of carbonyl (C=O) groups is 2. The van der Waals surface area contributed by atoms with Crippen molar-refractivity contribution in [3.8, 4) is 0 Å². The number of carboxylic acids is 1. The van der Waals surface area contributed by atoms with E-state index in [0.717, 1.165) is 0 Å². The fourth-order valence-electron chi connectivity index (χ4n) is 2.59. The highest BCUT2D eigenvalue weighted by Crippen LogP contribution is 2.22. The minimum absolute atomic E-state index is 0.0310. The smallest absolute Gasteiger partial charge is 0.333 e. The number of rotatable bonds is 4. The van der Waals surface area contributed by atoms with Gasteiger partial charge in [-0.1, -0.05) is 0 Å². The van der Waals surface area contributed by atoms with Crippen molar-refractivity contribution >= 4 is 11.9 Å². The van der Waals surface area contributed by atoms with Crippen LogP contribution in [0.1, 0.15) is 29.9 Å². The second-order valence-corrected chi connectivity index (χ2v) is 5.21. The molecule has 1 fully saturated rings. The number of hydrogen-bond acceptors (Lipinski definition) is 3. The zero-order chi connectivity index (χ0) is 15.7. The molecule has 1 aromatic rings. The first-order chi connectivity index (χ1) is 9.81. The molecule has 0 radical (unpaired) electrons. The van der Waals surface area contributed by atoms with Gasteiger partial charge in [0.05, 0.1) is 18.0 Å². The Hall–Kier alpha value is -1.99. The zero-order valence-electron chi connectivity index (χ0n) is 11.8. The van der Waals surface area contributed by atoms with E-state index in [1.165, 1.54) is 11.8 Å². The van der Waals surface area contributed by atoms with E-state index >= 15 is 0 Å². The van der Waals surface area contributed by atoms with E-state index in [0.29, 0.717) is 28.9 Å². The molecule has 0 aliphatic carbocycles. The zero-order valence-corrected chi connectivity index (χ0v) is 11.8.